The lowest BCUT2D eigenvalue weighted by Gasteiger charge is -2.58. The predicted octanol–water partition coefficient (Wildman–Crippen LogP) is 7.01. The van der Waals surface area contributed by atoms with E-state index in [-0.39, 0.29) is 23.8 Å². The van der Waals surface area contributed by atoms with Crippen LogP contribution < -0.4 is 21.7 Å². The van der Waals surface area contributed by atoms with Crippen LogP contribution in [-0.4, -0.2) is 68.1 Å². The number of hydrogen-bond donors (Lipinski definition) is 4. The Morgan fingerprint density at radius 3 is 2.44 bits per heavy atom. The van der Waals surface area contributed by atoms with Crippen LogP contribution in [0.15, 0.2) is 11.6 Å². The summed E-state index contributed by atoms with van der Waals surface area (Å²) in [5, 5.41) is 9.30. The van der Waals surface area contributed by atoms with Gasteiger partial charge < -0.3 is 26.4 Å². The van der Waals surface area contributed by atoms with Crippen LogP contribution in [-0.2, 0) is 19.1 Å². The van der Waals surface area contributed by atoms with E-state index in [2.05, 4.69) is 56.6 Å². The molecule has 4 aliphatic carbocycles. The minimum Gasteiger partial charge on any atom is -0.379 e. The van der Waals surface area contributed by atoms with E-state index in [0.717, 1.165) is 54.8 Å². The van der Waals surface area contributed by atoms with Crippen molar-refractivity contribution in [3.63, 3.8) is 0 Å². The lowest BCUT2D eigenvalue weighted by Crippen LogP contribution is -2.50. The molecule has 0 spiro atoms. The van der Waals surface area contributed by atoms with Gasteiger partial charge in [0.2, 0.25) is 17.7 Å². The van der Waals surface area contributed by atoms with Gasteiger partial charge in [0.1, 0.15) is 0 Å². The third-order valence-corrected chi connectivity index (χ3v) is 15.0. The van der Waals surface area contributed by atoms with Gasteiger partial charge in [-0.15, -0.1) is 11.8 Å². The third kappa shape index (κ3) is 10.7. The van der Waals surface area contributed by atoms with Crippen molar-refractivity contribution in [3.8, 4) is 0 Å². The number of nitrogens with one attached hydrogen (secondary N) is 3. The Labute approximate surface area is 308 Å². The highest BCUT2D eigenvalue weighted by Crippen LogP contribution is 2.67. The molecule has 4 rings (SSSR count). The van der Waals surface area contributed by atoms with Crippen LogP contribution >= 0.6 is 11.8 Å². The van der Waals surface area contributed by atoms with E-state index in [0.29, 0.717) is 61.0 Å². The summed E-state index contributed by atoms with van der Waals surface area (Å²) in [6.07, 6.45) is 20.0. The van der Waals surface area contributed by atoms with E-state index < -0.39 is 0 Å². The Morgan fingerprint density at radius 2 is 1.70 bits per heavy atom. The van der Waals surface area contributed by atoms with E-state index in [9.17, 15) is 14.4 Å². The third-order valence-electron chi connectivity index (χ3n) is 13.7. The Kier molecular flexibility index (Phi) is 16.0. The van der Waals surface area contributed by atoms with Crippen LogP contribution in [0.4, 0.5) is 0 Å². The maximum atomic E-state index is 12.6. The van der Waals surface area contributed by atoms with Gasteiger partial charge in [-0.1, -0.05) is 65.5 Å². The number of thioether (sulfide) groups is 1. The topological polar surface area (TPSA) is 123 Å². The van der Waals surface area contributed by atoms with E-state index in [1.54, 1.807) is 12.6 Å². The molecule has 0 aromatic rings. The molecule has 50 heavy (non-hydrogen) atoms. The van der Waals surface area contributed by atoms with Crippen LogP contribution in [0.3, 0.4) is 0 Å². The first-order valence-corrected chi connectivity index (χ1v) is 21.3. The average Bonchev–Trinajstić information content (AvgIpc) is 3.43. The SMILES string of the molecule is CN[C@@H](CCCCNC(=O)CCOCCNC(=O)CSC1CC[C@@]2(C)C(=CC[C@H]3[C@@H]4CC[C@H]([C@H](C)CCCC(C)C)[C@@]4(C)CC[C@@H]32)C1)C(N)=O. The Hall–Kier alpha value is -1.58. The standard InChI is InChI=1S/C41H72N4O4S/c1-28(2)10-9-11-29(3)33-15-16-34-32-14-13-30-26-31(17-20-40(30,4)35(32)18-21-41(33,34)5)50-27-38(47)45-23-25-49-24-19-37(46)44-22-8-7-12-36(43-6)39(42)48/h13,28-29,31-36,43H,7-12,14-27H2,1-6H3,(H2,42,48)(H,44,46)(H,45,47)/t29-,31?,32+,33-,34+,35+,36+,40+,41-/m1/s1. The summed E-state index contributed by atoms with van der Waals surface area (Å²) in [7, 11) is 1.72. The molecule has 0 aliphatic heterocycles. The fourth-order valence-corrected chi connectivity index (χ4v) is 11.9. The summed E-state index contributed by atoms with van der Waals surface area (Å²) in [4.78, 5) is 35.9. The molecule has 9 atom stereocenters. The molecular weight excluding hydrogens is 645 g/mol. The van der Waals surface area contributed by atoms with Crippen molar-refractivity contribution in [2.24, 2.45) is 52.1 Å². The van der Waals surface area contributed by atoms with Crippen molar-refractivity contribution in [3.05, 3.63) is 11.6 Å². The number of hydrogen-bond acceptors (Lipinski definition) is 6. The molecule has 0 saturated heterocycles. The molecule has 1 unspecified atom stereocenters. The van der Waals surface area contributed by atoms with Gasteiger partial charge in [0.15, 0.2) is 0 Å². The summed E-state index contributed by atoms with van der Waals surface area (Å²) in [6.45, 7) is 14.4. The highest BCUT2D eigenvalue weighted by Gasteiger charge is 2.59. The van der Waals surface area contributed by atoms with Crippen molar-refractivity contribution in [1.82, 2.24) is 16.0 Å². The lowest BCUT2D eigenvalue weighted by molar-refractivity contribution is -0.123. The maximum Gasteiger partial charge on any atom is 0.234 e. The number of nitrogens with two attached hydrogens (primary N) is 1. The van der Waals surface area contributed by atoms with Gasteiger partial charge in [0, 0.05) is 24.8 Å². The van der Waals surface area contributed by atoms with Crippen molar-refractivity contribution in [2.45, 2.75) is 142 Å². The zero-order valence-electron chi connectivity index (χ0n) is 32.5. The van der Waals surface area contributed by atoms with Gasteiger partial charge in [-0.05, 0) is 124 Å². The highest BCUT2D eigenvalue weighted by molar-refractivity contribution is 8.00. The summed E-state index contributed by atoms with van der Waals surface area (Å²) in [5.41, 5.74) is 7.91. The first kappa shape index (κ1) is 41.2. The molecule has 0 aromatic carbocycles. The molecule has 0 radical (unpaired) electrons. The Balaban J connectivity index is 1.10. The molecular formula is C41H72N4O4S. The van der Waals surface area contributed by atoms with E-state index in [1.807, 2.05) is 11.8 Å². The van der Waals surface area contributed by atoms with Crippen molar-refractivity contribution >= 4 is 29.5 Å². The van der Waals surface area contributed by atoms with Crippen LogP contribution in [0.2, 0.25) is 0 Å². The quantitative estimate of drug-likeness (QED) is 0.0749. The Morgan fingerprint density at radius 1 is 0.920 bits per heavy atom. The van der Waals surface area contributed by atoms with E-state index >= 15 is 0 Å². The molecule has 5 N–H and O–H groups in total. The van der Waals surface area contributed by atoms with E-state index in [1.165, 1.54) is 64.2 Å². The number of primary amides is 1. The second-order valence-corrected chi connectivity index (χ2v) is 18.6. The number of allylic oxidation sites excluding steroid dienone is 2. The van der Waals surface area contributed by atoms with Crippen molar-refractivity contribution < 1.29 is 19.1 Å². The normalized spacial score (nSPS) is 31.6. The summed E-state index contributed by atoms with van der Waals surface area (Å²) in [5.74, 6) is 5.34. The minimum absolute atomic E-state index is 0.0515. The fraction of sp³-hybridized carbons (Fsp3) is 0.878. The molecule has 4 aliphatic rings. The number of likely N-dealkylation sites (N-methyl/N-ethyl adjacent to an activating group) is 1. The van der Waals surface area contributed by atoms with Crippen LogP contribution in [0.5, 0.6) is 0 Å². The molecule has 286 valence electrons. The zero-order valence-corrected chi connectivity index (χ0v) is 33.3. The number of amides is 3. The number of unbranched alkanes of at least 4 members (excludes halogenated alkanes) is 1. The van der Waals surface area contributed by atoms with Crippen molar-refractivity contribution in [1.29, 1.82) is 0 Å². The van der Waals surface area contributed by atoms with E-state index in [4.69, 9.17) is 10.5 Å². The molecule has 0 heterocycles. The van der Waals surface area contributed by atoms with Crippen molar-refractivity contribution in [2.75, 3.05) is 39.1 Å². The first-order valence-electron chi connectivity index (χ1n) is 20.3. The summed E-state index contributed by atoms with van der Waals surface area (Å²) >= 11 is 1.83. The largest absolute Gasteiger partial charge is 0.379 e. The first-order chi connectivity index (χ1) is 23.9. The molecule has 0 aromatic heterocycles. The number of rotatable bonds is 21. The molecule has 3 fully saturated rings. The van der Waals surface area contributed by atoms with Gasteiger partial charge in [-0.2, -0.15) is 0 Å². The highest BCUT2D eigenvalue weighted by atomic mass is 32.2. The minimum atomic E-state index is -0.351. The lowest BCUT2D eigenvalue weighted by atomic mass is 9.47. The van der Waals surface area contributed by atoms with Crippen LogP contribution in [0, 0.1) is 46.3 Å². The molecule has 3 amide bonds. The molecule has 3 saturated carbocycles. The molecule has 9 heteroatoms. The number of carbonyl (C=O) groups excluding carboxylic acids is 3. The maximum absolute atomic E-state index is 12.6. The Bertz CT molecular complexity index is 1150. The van der Waals surface area contributed by atoms with Gasteiger partial charge in [-0.3, -0.25) is 14.4 Å². The van der Waals surface area contributed by atoms with Gasteiger partial charge >= 0.3 is 0 Å². The average molecular weight is 717 g/mol. The van der Waals surface area contributed by atoms with Gasteiger partial charge in [-0.25, -0.2) is 0 Å². The predicted molar refractivity (Wildman–Crippen MR) is 207 cm³/mol. The second-order valence-electron chi connectivity index (χ2n) is 17.3. The second kappa shape index (κ2) is 19.5. The molecule has 0 bridgehead atoms. The zero-order chi connectivity index (χ0) is 36.3. The van der Waals surface area contributed by atoms with Gasteiger partial charge in [0.25, 0.3) is 0 Å². The van der Waals surface area contributed by atoms with Gasteiger partial charge in [0.05, 0.1) is 25.0 Å². The number of carbonyl (C=O) groups is 3. The van der Waals surface area contributed by atoms with Crippen LogP contribution in [0.1, 0.15) is 131 Å². The smallest absolute Gasteiger partial charge is 0.234 e. The molecule has 8 nitrogen and oxygen atoms in total. The summed E-state index contributed by atoms with van der Waals surface area (Å²) < 4.78 is 5.59. The van der Waals surface area contributed by atoms with Crippen LogP contribution in [0.25, 0.3) is 0 Å². The number of fused-ring (bicyclic) bond motifs is 5. The fourth-order valence-electron chi connectivity index (χ4n) is 10.8. The summed E-state index contributed by atoms with van der Waals surface area (Å²) in [6, 6.07) is -0.323. The number of ether oxygens (including phenoxy) is 1. The monoisotopic (exact) mass is 717 g/mol.